The highest BCUT2D eigenvalue weighted by molar-refractivity contribution is 5.26. The minimum atomic E-state index is -0.986. The molecule has 1 rings (SSSR count). The third kappa shape index (κ3) is 1.09. The second-order valence-corrected chi connectivity index (χ2v) is 1.66. The van der Waals surface area contributed by atoms with Gasteiger partial charge in [-0.1, -0.05) is 6.08 Å². The molecule has 0 fully saturated rings. The van der Waals surface area contributed by atoms with Crippen molar-refractivity contribution in [3.8, 4) is 0 Å². The smallest absolute Gasteiger partial charge is 0.128 e. The summed E-state index contributed by atoms with van der Waals surface area (Å²) in [6, 6.07) is 0. The maximum atomic E-state index is 12.2. The van der Waals surface area contributed by atoms with Crippen LogP contribution >= 0.6 is 0 Å². The maximum Gasteiger partial charge on any atom is 0.128 e. The Morgan fingerprint density at radius 3 is 2.75 bits per heavy atom. The average Bonchev–Trinajstić information content (AvgIpc) is 1.64. The molecule has 1 nitrogen and oxygen atoms in total. The lowest BCUT2D eigenvalue weighted by molar-refractivity contribution is 0.446. The van der Waals surface area contributed by atoms with Gasteiger partial charge in [0.15, 0.2) is 0 Å². The summed E-state index contributed by atoms with van der Waals surface area (Å²) in [5, 5.41) is 0. The summed E-state index contributed by atoms with van der Waals surface area (Å²) in [6.45, 7) is 0. The second-order valence-electron chi connectivity index (χ2n) is 1.66. The first kappa shape index (κ1) is 5.35. The monoisotopic (exact) mass is 112 g/mol. The molecule has 1 unspecified atom stereocenters. The van der Waals surface area contributed by atoms with Crippen LogP contribution in [-0.4, -0.2) is 6.17 Å². The third-order valence-corrected chi connectivity index (χ3v) is 0.935. The lowest BCUT2D eigenvalue weighted by Gasteiger charge is -2.04. The van der Waals surface area contributed by atoms with Gasteiger partial charge in [-0.25, -0.2) is 4.39 Å². The van der Waals surface area contributed by atoms with Crippen molar-refractivity contribution in [1.29, 1.82) is 0 Å². The van der Waals surface area contributed by atoms with Crippen molar-refractivity contribution >= 4 is 0 Å². The lowest BCUT2D eigenvalue weighted by atomic mass is 10.1. The molecule has 0 saturated heterocycles. The standard InChI is InChI=1S/C6H7FN/c7-5-2-1-3-6(8)4-5/h1-5H,8H2. The van der Waals surface area contributed by atoms with Crippen LogP contribution in [0.25, 0.3) is 0 Å². The quantitative estimate of drug-likeness (QED) is 0.496. The summed E-state index contributed by atoms with van der Waals surface area (Å²) in [4.78, 5) is 0. The van der Waals surface area contributed by atoms with Crippen molar-refractivity contribution < 1.29 is 4.39 Å². The van der Waals surface area contributed by atoms with E-state index >= 15 is 0 Å². The van der Waals surface area contributed by atoms with Crippen LogP contribution in [0.15, 0.2) is 23.9 Å². The van der Waals surface area contributed by atoms with Crippen LogP contribution in [0, 0.1) is 6.42 Å². The molecule has 43 valence electrons. The van der Waals surface area contributed by atoms with Crippen LogP contribution < -0.4 is 5.73 Å². The molecule has 0 aromatic rings. The zero-order chi connectivity index (χ0) is 5.98. The van der Waals surface area contributed by atoms with E-state index in [-0.39, 0.29) is 0 Å². The molecule has 0 aliphatic heterocycles. The molecule has 2 heteroatoms. The molecule has 8 heavy (non-hydrogen) atoms. The number of hydrogen-bond acceptors (Lipinski definition) is 1. The highest BCUT2D eigenvalue weighted by atomic mass is 19.1. The number of hydrogen-bond donors (Lipinski definition) is 1. The fraction of sp³-hybridized carbons (Fsp3) is 0.167. The van der Waals surface area contributed by atoms with Crippen LogP contribution in [0.3, 0.4) is 0 Å². The zero-order valence-electron chi connectivity index (χ0n) is 4.34. The summed E-state index contributed by atoms with van der Waals surface area (Å²) in [6.07, 6.45) is 5.09. The van der Waals surface area contributed by atoms with Gasteiger partial charge >= 0.3 is 0 Å². The third-order valence-electron chi connectivity index (χ3n) is 0.935. The average molecular weight is 112 g/mol. The first-order valence-electron chi connectivity index (χ1n) is 2.42. The van der Waals surface area contributed by atoms with Gasteiger partial charge in [-0.05, 0) is 12.2 Å². The first-order chi connectivity index (χ1) is 3.79. The van der Waals surface area contributed by atoms with Crippen LogP contribution in [0.5, 0.6) is 0 Å². The van der Waals surface area contributed by atoms with Crippen molar-refractivity contribution in [1.82, 2.24) is 0 Å². The van der Waals surface area contributed by atoms with Crippen LogP contribution in [0.1, 0.15) is 0 Å². The van der Waals surface area contributed by atoms with Crippen molar-refractivity contribution in [2.45, 2.75) is 6.17 Å². The van der Waals surface area contributed by atoms with E-state index in [2.05, 4.69) is 0 Å². The van der Waals surface area contributed by atoms with E-state index in [9.17, 15) is 4.39 Å². The molecule has 0 spiro atoms. The summed E-state index contributed by atoms with van der Waals surface area (Å²) in [7, 11) is 0. The molecule has 1 aliphatic rings. The molecular formula is C6H7FN. The van der Waals surface area contributed by atoms with Crippen LogP contribution in [-0.2, 0) is 0 Å². The Morgan fingerprint density at radius 1 is 1.62 bits per heavy atom. The van der Waals surface area contributed by atoms with E-state index in [1.165, 1.54) is 12.5 Å². The van der Waals surface area contributed by atoms with Gasteiger partial charge in [0.2, 0.25) is 0 Å². The second kappa shape index (κ2) is 1.99. The normalized spacial score (nSPS) is 27.6. The van der Waals surface area contributed by atoms with Gasteiger partial charge in [0.25, 0.3) is 0 Å². The molecule has 1 atom stereocenters. The Kier molecular flexibility index (Phi) is 1.33. The zero-order valence-corrected chi connectivity index (χ0v) is 4.34. The molecule has 0 saturated carbocycles. The molecule has 1 aliphatic carbocycles. The number of halogens is 1. The fourth-order valence-corrected chi connectivity index (χ4v) is 0.568. The molecular weight excluding hydrogens is 105 g/mol. The van der Waals surface area contributed by atoms with E-state index in [0.29, 0.717) is 5.70 Å². The van der Waals surface area contributed by atoms with Crippen molar-refractivity contribution in [2.75, 3.05) is 0 Å². The number of allylic oxidation sites excluding steroid dienone is 4. The van der Waals surface area contributed by atoms with E-state index in [4.69, 9.17) is 5.73 Å². The van der Waals surface area contributed by atoms with Crippen molar-refractivity contribution in [3.05, 3.63) is 30.3 Å². The Morgan fingerprint density at radius 2 is 2.38 bits per heavy atom. The topological polar surface area (TPSA) is 26.0 Å². The fourth-order valence-electron chi connectivity index (χ4n) is 0.568. The number of alkyl halides is 1. The minimum Gasteiger partial charge on any atom is -0.402 e. The van der Waals surface area contributed by atoms with Gasteiger partial charge < -0.3 is 5.73 Å². The molecule has 2 N–H and O–H groups in total. The summed E-state index contributed by atoms with van der Waals surface area (Å²) in [5.74, 6) is 0. The summed E-state index contributed by atoms with van der Waals surface area (Å²) < 4.78 is 12.2. The van der Waals surface area contributed by atoms with E-state index < -0.39 is 6.17 Å². The van der Waals surface area contributed by atoms with E-state index in [1.54, 1.807) is 12.2 Å². The molecule has 0 aromatic carbocycles. The molecule has 0 amide bonds. The lowest BCUT2D eigenvalue weighted by Crippen LogP contribution is -2.08. The number of nitrogens with two attached hydrogens (primary N) is 1. The van der Waals surface area contributed by atoms with Crippen LogP contribution in [0.4, 0.5) is 4.39 Å². The van der Waals surface area contributed by atoms with Gasteiger partial charge in [0.05, 0.1) is 0 Å². The van der Waals surface area contributed by atoms with Crippen LogP contribution in [0.2, 0.25) is 0 Å². The van der Waals surface area contributed by atoms with E-state index in [1.807, 2.05) is 0 Å². The largest absolute Gasteiger partial charge is 0.402 e. The Labute approximate surface area is 47.7 Å². The molecule has 0 bridgehead atoms. The number of rotatable bonds is 0. The van der Waals surface area contributed by atoms with Gasteiger partial charge in [0.1, 0.15) is 6.17 Å². The highest BCUT2D eigenvalue weighted by Gasteiger charge is 2.05. The maximum absolute atomic E-state index is 12.2. The predicted molar refractivity (Wildman–Crippen MR) is 30.6 cm³/mol. The summed E-state index contributed by atoms with van der Waals surface area (Å²) in [5.41, 5.74) is 5.74. The minimum absolute atomic E-state index is 0.500. The Bertz CT molecular complexity index is 137. The molecule has 1 radical (unpaired) electrons. The Hall–Kier alpha value is -0.790. The van der Waals surface area contributed by atoms with Crippen molar-refractivity contribution in [2.24, 2.45) is 5.73 Å². The summed E-state index contributed by atoms with van der Waals surface area (Å²) >= 11 is 0. The predicted octanol–water partition coefficient (Wildman–Crippen LogP) is 0.941. The highest BCUT2D eigenvalue weighted by Crippen LogP contribution is 2.08. The SMILES string of the molecule is NC1=CC=CC(F)[CH]1. The first-order valence-corrected chi connectivity index (χ1v) is 2.42. The molecule has 0 aromatic heterocycles. The van der Waals surface area contributed by atoms with Gasteiger partial charge in [-0.3, -0.25) is 0 Å². The molecule has 0 heterocycles. The van der Waals surface area contributed by atoms with Gasteiger partial charge in [-0.15, -0.1) is 0 Å². The Balaban J connectivity index is 2.59. The van der Waals surface area contributed by atoms with Gasteiger partial charge in [0, 0.05) is 12.1 Å². The van der Waals surface area contributed by atoms with Gasteiger partial charge in [-0.2, -0.15) is 0 Å². The van der Waals surface area contributed by atoms with E-state index in [0.717, 1.165) is 0 Å². The van der Waals surface area contributed by atoms with Crippen molar-refractivity contribution in [3.63, 3.8) is 0 Å².